The third-order valence-electron chi connectivity index (χ3n) is 2.99. The van der Waals surface area contributed by atoms with Crippen LogP contribution in [0.2, 0.25) is 0 Å². The highest BCUT2D eigenvalue weighted by atomic mass is 32.2. The minimum absolute atomic E-state index is 0.120. The molecule has 0 aromatic heterocycles. The van der Waals surface area contributed by atoms with Gasteiger partial charge < -0.3 is 10.1 Å². The topological polar surface area (TPSA) is 75.7 Å². The molecule has 1 amide bonds. The first-order valence-corrected chi connectivity index (χ1v) is 8.04. The highest BCUT2D eigenvalue weighted by molar-refractivity contribution is 7.88. The number of methoxy groups -OCH3 is 1. The molecule has 21 heavy (non-hydrogen) atoms. The molecular formula is C13H19FN2O4S. The van der Waals surface area contributed by atoms with Crippen LogP contribution < -0.4 is 10.1 Å². The molecule has 6 nitrogen and oxygen atoms in total. The van der Waals surface area contributed by atoms with Crippen molar-refractivity contribution < 1.29 is 22.3 Å². The standard InChI is InChI=1S/C13H19FN2O4S/c1-9(10-5-6-12(20-3)11(14)7-10)15-13(17)8-16(2)21(4,18)19/h5-7,9H,8H2,1-4H3,(H,15,17)/t9-/m0/s1. The van der Waals surface area contributed by atoms with Crippen LogP contribution in [-0.4, -0.2) is 45.6 Å². The zero-order valence-corrected chi connectivity index (χ0v) is 13.2. The maximum atomic E-state index is 13.6. The van der Waals surface area contributed by atoms with E-state index in [4.69, 9.17) is 4.74 Å². The van der Waals surface area contributed by atoms with Crippen molar-refractivity contribution in [2.45, 2.75) is 13.0 Å². The number of nitrogens with zero attached hydrogens (tertiary/aromatic N) is 1. The molecule has 1 atom stereocenters. The minimum Gasteiger partial charge on any atom is -0.494 e. The smallest absolute Gasteiger partial charge is 0.235 e. The summed E-state index contributed by atoms with van der Waals surface area (Å²) >= 11 is 0. The van der Waals surface area contributed by atoms with Gasteiger partial charge in [0.15, 0.2) is 11.6 Å². The Kier molecular flexibility index (Phi) is 5.68. The lowest BCUT2D eigenvalue weighted by molar-refractivity contribution is -0.121. The van der Waals surface area contributed by atoms with Gasteiger partial charge in [-0.2, -0.15) is 4.31 Å². The molecule has 0 fully saturated rings. The van der Waals surface area contributed by atoms with E-state index in [-0.39, 0.29) is 12.3 Å². The zero-order valence-electron chi connectivity index (χ0n) is 12.4. The molecule has 0 unspecified atom stereocenters. The van der Waals surface area contributed by atoms with E-state index < -0.39 is 27.8 Å². The SMILES string of the molecule is COc1ccc([C@H](C)NC(=O)CN(C)S(C)(=O)=O)cc1F. The molecule has 118 valence electrons. The third-order valence-corrected chi connectivity index (χ3v) is 4.25. The summed E-state index contributed by atoms with van der Waals surface area (Å²) in [6.45, 7) is 1.39. The van der Waals surface area contributed by atoms with E-state index in [1.807, 2.05) is 0 Å². The van der Waals surface area contributed by atoms with Gasteiger partial charge in [-0.1, -0.05) is 6.07 Å². The molecule has 0 saturated heterocycles. The van der Waals surface area contributed by atoms with Crippen LogP contribution in [0.25, 0.3) is 0 Å². The van der Waals surface area contributed by atoms with Gasteiger partial charge in [-0.15, -0.1) is 0 Å². The van der Waals surface area contributed by atoms with Crippen LogP contribution in [0.5, 0.6) is 5.75 Å². The van der Waals surface area contributed by atoms with Crippen LogP contribution in [0.4, 0.5) is 4.39 Å². The van der Waals surface area contributed by atoms with Gasteiger partial charge in [0.2, 0.25) is 15.9 Å². The van der Waals surface area contributed by atoms with Gasteiger partial charge in [0.05, 0.1) is 26.0 Å². The molecule has 0 heterocycles. The molecule has 0 bridgehead atoms. The fourth-order valence-corrected chi connectivity index (χ4v) is 1.99. The first-order chi connectivity index (χ1) is 9.65. The fourth-order valence-electron chi connectivity index (χ4n) is 1.64. The van der Waals surface area contributed by atoms with E-state index in [9.17, 15) is 17.6 Å². The Morgan fingerprint density at radius 1 is 1.48 bits per heavy atom. The van der Waals surface area contributed by atoms with Crippen LogP contribution in [-0.2, 0) is 14.8 Å². The van der Waals surface area contributed by atoms with Gasteiger partial charge in [0.1, 0.15) is 0 Å². The van der Waals surface area contributed by atoms with E-state index in [0.29, 0.717) is 5.56 Å². The Bertz CT molecular complexity index is 619. The average Bonchev–Trinajstić information content (AvgIpc) is 2.37. The molecule has 0 spiro atoms. The number of nitrogens with one attached hydrogen (secondary N) is 1. The fraction of sp³-hybridized carbons (Fsp3) is 0.462. The second-order valence-corrected chi connectivity index (χ2v) is 6.79. The van der Waals surface area contributed by atoms with E-state index in [2.05, 4.69) is 5.32 Å². The maximum Gasteiger partial charge on any atom is 0.235 e. The molecule has 1 N–H and O–H groups in total. The summed E-state index contributed by atoms with van der Waals surface area (Å²) in [5.74, 6) is -0.870. The Morgan fingerprint density at radius 2 is 2.10 bits per heavy atom. The summed E-state index contributed by atoms with van der Waals surface area (Å²) in [6.07, 6.45) is 1.02. The zero-order chi connectivity index (χ0) is 16.2. The van der Waals surface area contributed by atoms with Gasteiger partial charge in [0.25, 0.3) is 0 Å². The number of benzene rings is 1. The number of likely N-dealkylation sites (N-methyl/N-ethyl adjacent to an activating group) is 1. The van der Waals surface area contributed by atoms with Crippen molar-refractivity contribution >= 4 is 15.9 Å². The number of halogens is 1. The number of amides is 1. The summed E-state index contributed by atoms with van der Waals surface area (Å²) in [7, 11) is -0.741. The lowest BCUT2D eigenvalue weighted by Gasteiger charge is -2.18. The normalized spacial score (nSPS) is 13.0. The summed E-state index contributed by atoms with van der Waals surface area (Å²) in [5, 5.41) is 2.61. The molecule has 0 saturated carbocycles. The summed E-state index contributed by atoms with van der Waals surface area (Å²) in [4.78, 5) is 11.8. The number of carbonyl (C=O) groups excluding carboxylic acids is 1. The molecule has 1 aromatic carbocycles. The molecule has 0 radical (unpaired) electrons. The average molecular weight is 318 g/mol. The number of hydrogen-bond acceptors (Lipinski definition) is 4. The van der Waals surface area contributed by atoms with E-state index in [1.54, 1.807) is 13.0 Å². The molecule has 8 heteroatoms. The van der Waals surface area contributed by atoms with Crippen molar-refractivity contribution in [2.75, 3.05) is 27.0 Å². The van der Waals surface area contributed by atoms with Crippen molar-refractivity contribution in [3.05, 3.63) is 29.6 Å². The van der Waals surface area contributed by atoms with Crippen molar-refractivity contribution in [2.24, 2.45) is 0 Å². The van der Waals surface area contributed by atoms with Crippen LogP contribution in [0.3, 0.4) is 0 Å². The molecule has 1 aromatic rings. The lowest BCUT2D eigenvalue weighted by Crippen LogP contribution is -2.38. The molecular weight excluding hydrogens is 299 g/mol. The molecule has 1 rings (SSSR count). The largest absolute Gasteiger partial charge is 0.494 e. The van der Waals surface area contributed by atoms with E-state index in [1.165, 1.54) is 26.3 Å². The van der Waals surface area contributed by atoms with Gasteiger partial charge >= 0.3 is 0 Å². The monoisotopic (exact) mass is 318 g/mol. The predicted molar refractivity (Wildman–Crippen MR) is 77.0 cm³/mol. The number of rotatable bonds is 6. The highest BCUT2D eigenvalue weighted by Crippen LogP contribution is 2.21. The van der Waals surface area contributed by atoms with Crippen LogP contribution in [0.15, 0.2) is 18.2 Å². The predicted octanol–water partition coefficient (Wildman–Crippen LogP) is 0.903. The summed E-state index contributed by atoms with van der Waals surface area (Å²) in [6, 6.07) is 3.92. The first kappa shape index (κ1) is 17.4. The van der Waals surface area contributed by atoms with Crippen molar-refractivity contribution in [1.29, 1.82) is 0 Å². The van der Waals surface area contributed by atoms with Crippen molar-refractivity contribution in [3.63, 3.8) is 0 Å². The van der Waals surface area contributed by atoms with Crippen LogP contribution in [0, 0.1) is 5.82 Å². The number of hydrogen-bond donors (Lipinski definition) is 1. The van der Waals surface area contributed by atoms with Crippen LogP contribution in [0.1, 0.15) is 18.5 Å². The Labute approximate surface area is 123 Å². The number of sulfonamides is 1. The molecule has 0 aliphatic rings. The first-order valence-electron chi connectivity index (χ1n) is 6.19. The van der Waals surface area contributed by atoms with Gasteiger partial charge in [0, 0.05) is 7.05 Å². The van der Waals surface area contributed by atoms with Gasteiger partial charge in [-0.05, 0) is 24.6 Å². The second kappa shape index (κ2) is 6.86. The van der Waals surface area contributed by atoms with E-state index >= 15 is 0 Å². The number of ether oxygens (including phenoxy) is 1. The summed E-state index contributed by atoms with van der Waals surface area (Å²) < 4.78 is 41.8. The van der Waals surface area contributed by atoms with Gasteiger partial charge in [-0.25, -0.2) is 12.8 Å². The Morgan fingerprint density at radius 3 is 2.57 bits per heavy atom. The Balaban J connectivity index is 2.71. The Hall–Kier alpha value is -1.67. The maximum absolute atomic E-state index is 13.6. The molecule has 0 aliphatic heterocycles. The third kappa shape index (κ3) is 4.98. The second-order valence-electron chi connectivity index (χ2n) is 4.70. The van der Waals surface area contributed by atoms with E-state index in [0.717, 1.165) is 10.6 Å². The lowest BCUT2D eigenvalue weighted by atomic mass is 10.1. The highest BCUT2D eigenvalue weighted by Gasteiger charge is 2.17. The quantitative estimate of drug-likeness (QED) is 0.846. The van der Waals surface area contributed by atoms with Crippen molar-refractivity contribution in [3.8, 4) is 5.75 Å². The summed E-state index contributed by atoms with van der Waals surface area (Å²) in [5.41, 5.74) is 0.559. The number of carbonyl (C=O) groups is 1. The molecule has 0 aliphatic carbocycles. The minimum atomic E-state index is -3.42. The van der Waals surface area contributed by atoms with Gasteiger partial charge in [-0.3, -0.25) is 4.79 Å². The van der Waals surface area contributed by atoms with Crippen LogP contribution >= 0.6 is 0 Å². The van der Waals surface area contributed by atoms with Crippen molar-refractivity contribution in [1.82, 2.24) is 9.62 Å².